The van der Waals surface area contributed by atoms with Crippen molar-refractivity contribution in [2.75, 3.05) is 0 Å². The molecule has 0 radical (unpaired) electrons. The van der Waals surface area contributed by atoms with E-state index < -0.39 is 5.97 Å². The van der Waals surface area contributed by atoms with E-state index in [4.69, 9.17) is 4.42 Å². The summed E-state index contributed by atoms with van der Waals surface area (Å²) >= 11 is 0. The zero-order valence-electron chi connectivity index (χ0n) is 7.97. The average Bonchev–Trinajstić information content (AvgIpc) is 2.58. The second kappa shape index (κ2) is 3.57. The maximum atomic E-state index is 10.8. The predicted octanol–water partition coefficient (Wildman–Crippen LogP) is 0.270. The van der Waals surface area contributed by atoms with E-state index in [2.05, 4.69) is 6.58 Å². The number of carboxylic acids is 1. The van der Waals surface area contributed by atoms with Gasteiger partial charge in [-0.3, -0.25) is 0 Å². The Kier molecular flexibility index (Phi) is 2.25. The molecule has 1 aromatic carbocycles. The lowest BCUT2D eigenvalue weighted by atomic mass is 10.3. The molecule has 0 N–H and O–H groups in total. The molecule has 0 fully saturated rings. The average molecular weight is 203 g/mol. The van der Waals surface area contributed by atoms with Crippen LogP contribution in [-0.2, 0) is 6.54 Å². The van der Waals surface area contributed by atoms with Crippen LogP contribution in [0.2, 0.25) is 0 Å². The number of hydrogen-bond donors (Lipinski definition) is 0. The summed E-state index contributed by atoms with van der Waals surface area (Å²) in [6.45, 7) is 3.94. The molecular weight excluding hydrogens is 194 g/mol. The Balaban J connectivity index is 2.73. The van der Waals surface area contributed by atoms with Crippen molar-refractivity contribution in [1.82, 2.24) is 0 Å². The summed E-state index contributed by atoms with van der Waals surface area (Å²) in [5.41, 5.74) is 1.25. The molecule has 0 bridgehead atoms. The van der Waals surface area contributed by atoms with Crippen LogP contribution in [0.15, 0.2) is 41.3 Å². The minimum atomic E-state index is -1.33. The molecule has 15 heavy (non-hydrogen) atoms. The lowest BCUT2D eigenvalue weighted by Crippen LogP contribution is -2.42. The van der Waals surface area contributed by atoms with Gasteiger partial charge >= 0.3 is 5.89 Å². The van der Waals surface area contributed by atoms with Crippen molar-refractivity contribution in [3.05, 3.63) is 42.8 Å². The molecule has 4 nitrogen and oxygen atoms in total. The third-order valence-electron chi connectivity index (χ3n) is 2.09. The van der Waals surface area contributed by atoms with E-state index >= 15 is 0 Å². The monoisotopic (exact) mass is 203 g/mol. The number of aromatic nitrogens is 1. The van der Waals surface area contributed by atoms with Crippen LogP contribution >= 0.6 is 0 Å². The van der Waals surface area contributed by atoms with Gasteiger partial charge in [0, 0.05) is 6.07 Å². The molecule has 0 aliphatic carbocycles. The van der Waals surface area contributed by atoms with Gasteiger partial charge in [-0.25, -0.2) is 0 Å². The van der Waals surface area contributed by atoms with Crippen LogP contribution in [-0.4, -0.2) is 5.97 Å². The van der Waals surface area contributed by atoms with Gasteiger partial charge in [0.2, 0.25) is 5.58 Å². The molecule has 0 aliphatic rings. The molecule has 0 spiro atoms. The van der Waals surface area contributed by atoms with Crippen molar-refractivity contribution in [1.29, 1.82) is 0 Å². The van der Waals surface area contributed by atoms with E-state index in [1.165, 1.54) is 4.57 Å². The van der Waals surface area contributed by atoms with E-state index in [-0.39, 0.29) is 5.89 Å². The second-order valence-corrected chi connectivity index (χ2v) is 3.06. The molecule has 76 valence electrons. The number of hydrogen-bond acceptors (Lipinski definition) is 3. The van der Waals surface area contributed by atoms with Crippen molar-refractivity contribution in [2.45, 2.75) is 6.54 Å². The molecule has 4 heteroatoms. The summed E-state index contributed by atoms with van der Waals surface area (Å²) in [6.07, 6.45) is 1.61. The highest BCUT2D eigenvalue weighted by Gasteiger charge is 2.21. The Morgan fingerprint density at radius 3 is 2.93 bits per heavy atom. The number of carboxylic acid groups (broad SMARTS) is 1. The number of oxazole rings is 1. The van der Waals surface area contributed by atoms with Crippen molar-refractivity contribution in [2.24, 2.45) is 0 Å². The number of carbonyl (C=O) groups excluding carboxylic acids is 1. The highest BCUT2D eigenvalue weighted by Crippen LogP contribution is 2.12. The summed E-state index contributed by atoms with van der Waals surface area (Å²) in [5, 5.41) is 10.8. The first-order valence-corrected chi connectivity index (χ1v) is 4.47. The summed E-state index contributed by atoms with van der Waals surface area (Å²) < 4.78 is 6.68. The van der Waals surface area contributed by atoms with Crippen LogP contribution in [0.1, 0.15) is 10.7 Å². The molecule has 0 saturated carbocycles. The van der Waals surface area contributed by atoms with Crippen LogP contribution in [0, 0.1) is 0 Å². The molecule has 1 aromatic heterocycles. The zero-order chi connectivity index (χ0) is 10.8. The number of nitrogens with zero attached hydrogens (tertiary/aromatic N) is 1. The first-order valence-electron chi connectivity index (χ1n) is 4.47. The zero-order valence-corrected chi connectivity index (χ0v) is 7.97. The SMILES string of the molecule is C=CC[n+]1c(C(=O)[O-])oc2ccccc21. The topological polar surface area (TPSA) is 57.1 Å². The first-order chi connectivity index (χ1) is 7.24. The van der Waals surface area contributed by atoms with Gasteiger partial charge in [0.25, 0.3) is 5.52 Å². The molecule has 0 unspecified atom stereocenters. The van der Waals surface area contributed by atoms with Crippen LogP contribution < -0.4 is 9.67 Å². The Morgan fingerprint density at radius 2 is 2.27 bits per heavy atom. The fourth-order valence-electron chi connectivity index (χ4n) is 1.50. The molecule has 2 aromatic rings. The molecular formula is C11H9NO3. The summed E-state index contributed by atoms with van der Waals surface area (Å²) in [6, 6.07) is 7.09. The Morgan fingerprint density at radius 1 is 1.53 bits per heavy atom. The first kappa shape index (κ1) is 9.45. The van der Waals surface area contributed by atoms with Crippen molar-refractivity contribution >= 4 is 17.1 Å². The van der Waals surface area contributed by atoms with Gasteiger partial charge in [-0.2, -0.15) is 4.57 Å². The summed E-state index contributed by atoms with van der Waals surface area (Å²) in [4.78, 5) is 10.8. The lowest BCUT2D eigenvalue weighted by Gasteiger charge is -1.93. The number of rotatable bonds is 3. The van der Waals surface area contributed by atoms with E-state index in [0.29, 0.717) is 12.1 Å². The van der Waals surface area contributed by atoms with Gasteiger partial charge in [0.05, 0.1) is 0 Å². The quantitative estimate of drug-likeness (QED) is 0.531. The smallest absolute Gasteiger partial charge is 0.398 e. The molecule has 0 amide bonds. The number of aromatic carboxylic acids is 1. The molecule has 0 atom stereocenters. The van der Waals surface area contributed by atoms with Crippen molar-refractivity contribution in [3.63, 3.8) is 0 Å². The maximum absolute atomic E-state index is 10.8. The fraction of sp³-hybridized carbons (Fsp3) is 0.0909. The number of allylic oxidation sites excluding steroid dienone is 1. The van der Waals surface area contributed by atoms with Gasteiger partial charge in [-0.15, -0.1) is 0 Å². The largest absolute Gasteiger partial charge is 0.537 e. The Bertz CT molecular complexity index is 528. The van der Waals surface area contributed by atoms with Gasteiger partial charge in [-0.1, -0.05) is 18.7 Å². The lowest BCUT2D eigenvalue weighted by molar-refractivity contribution is -0.670. The predicted molar refractivity (Wildman–Crippen MR) is 50.9 cm³/mol. The third-order valence-corrected chi connectivity index (χ3v) is 2.09. The van der Waals surface area contributed by atoms with E-state index in [1.807, 2.05) is 6.07 Å². The molecule has 2 rings (SSSR count). The molecule has 0 aliphatic heterocycles. The highest BCUT2D eigenvalue weighted by atomic mass is 16.4. The van der Waals surface area contributed by atoms with E-state index in [0.717, 1.165) is 5.52 Å². The molecule has 0 saturated heterocycles. The van der Waals surface area contributed by atoms with Crippen molar-refractivity contribution in [3.8, 4) is 0 Å². The Hall–Kier alpha value is -2.10. The molecule has 1 heterocycles. The van der Waals surface area contributed by atoms with Gasteiger partial charge in [-0.05, 0) is 12.1 Å². The fourth-order valence-corrected chi connectivity index (χ4v) is 1.50. The third kappa shape index (κ3) is 1.50. The van der Waals surface area contributed by atoms with Gasteiger partial charge < -0.3 is 14.3 Å². The number of fused-ring (bicyclic) bond motifs is 1. The number of benzene rings is 1. The van der Waals surface area contributed by atoms with Crippen molar-refractivity contribution < 1.29 is 18.9 Å². The van der Waals surface area contributed by atoms with Gasteiger partial charge in [0.1, 0.15) is 0 Å². The minimum absolute atomic E-state index is 0.184. The van der Waals surface area contributed by atoms with Crippen LogP contribution in [0.5, 0.6) is 0 Å². The summed E-state index contributed by atoms with van der Waals surface area (Å²) in [5.74, 6) is -1.51. The second-order valence-electron chi connectivity index (χ2n) is 3.06. The highest BCUT2D eigenvalue weighted by molar-refractivity contribution is 5.81. The van der Waals surface area contributed by atoms with E-state index in [1.54, 1.807) is 24.3 Å². The minimum Gasteiger partial charge on any atom is -0.537 e. The standard InChI is InChI=1S/C11H9NO3/c1-2-7-12-8-5-3-4-6-9(8)15-10(12)11(13)14/h2-6H,1,7H2. The van der Waals surface area contributed by atoms with Crippen LogP contribution in [0.25, 0.3) is 11.1 Å². The van der Waals surface area contributed by atoms with Crippen LogP contribution in [0.3, 0.4) is 0 Å². The normalized spacial score (nSPS) is 10.4. The Labute approximate surface area is 86.1 Å². The van der Waals surface area contributed by atoms with Crippen LogP contribution in [0.4, 0.5) is 0 Å². The van der Waals surface area contributed by atoms with E-state index in [9.17, 15) is 9.90 Å². The number of para-hydroxylation sites is 2. The maximum Gasteiger partial charge on any atom is 0.398 e. The number of carbonyl (C=O) groups is 1. The summed E-state index contributed by atoms with van der Waals surface area (Å²) in [7, 11) is 0. The van der Waals surface area contributed by atoms with Gasteiger partial charge in [0.15, 0.2) is 12.5 Å².